The second kappa shape index (κ2) is 4.11. The van der Waals surface area contributed by atoms with Crippen LogP contribution in [0.4, 0.5) is 4.79 Å². The molecule has 13 heavy (non-hydrogen) atoms. The Bertz CT molecular complexity index is 219. The fraction of sp³-hybridized carbons (Fsp3) is 0.750. The number of piperidine rings is 1. The molecule has 0 aliphatic carbocycles. The Morgan fingerprint density at radius 3 is 2.38 bits per heavy atom. The summed E-state index contributed by atoms with van der Waals surface area (Å²) in [5, 5.41) is 20.3. The molecule has 5 nitrogen and oxygen atoms in total. The van der Waals surface area contributed by atoms with Crippen molar-refractivity contribution in [2.45, 2.75) is 19.8 Å². The van der Waals surface area contributed by atoms with E-state index in [0.29, 0.717) is 18.8 Å². The number of amides is 1. The monoisotopic (exact) mass is 186 g/mol. The van der Waals surface area contributed by atoms with Crippen LogP contribution in [0.5, 0.6) is 0 Å². The van der Waals surface area contributed by atoms with Crippen molar-refractivity contribution in [3.05, 3.63) is 0 Å². The molecule has 1 fully saturated rings. The number of oxime groups is 1. The molecule has 2 N–H and O–H groups in total. The molecular weight excluding hydrogens is 172 g/mol. The van der Waals surface area contributed by atoms with Crippen LogP contribution in [-0.2, 0) is 0 Å². The molecular formula is C8H14N2O3. The third-order valence-electron chi connectivity index (χ3n) is 2.51. The summed E-state index contributed by atoms with van der Waals surface area (Å²) in [4.78, 5) is 11.9. The fourth-order valence-corrected chi connectivity index (χ4v) is 1.57. The van der Waals surface area contributed by atoms with E-state index in [4.69, 9.17) is 10.3 Å². The van der Waals surface area contributed by atoms with Crippen molar-refractivity contribution >= 4 is 11.8 Å². The average Bonchev–Trinajstić information content (AvgIpc) is 2.17. The highest BCUT2D eigenvalue weighted by molar-refractivity contribution is 5.84. The Morgan fingerprint density at radius 2 is 2.00 bits per heavy atom. The minimum atomic E-state index is -0.864. The van der Waals surface area contributed by atoms with Crippen LogP contribution in [0.25, 0.3) is 0 Å². The van der Waals surface area contributed by atoms with Crippen molar-refractivity contribution in [2.24, 2.45) is 11.1 Å². The number of carboxylic acid groups (broad SMARTS) is 1. The van der Waals surface area contributed by atoms with Gasteiger partial charge in [0.05, 0.1) is 5.71 Å². The van der Waals surface area contributed by atoms with Crippen molar-refractivity contribution in [1.82, 2.24) is 4.90 Å². The van der Waals surface area contributed by atoms with Gasteiger partial charge in [0.15, 0.2) is 0 Å². The zero-order valence-electron chi connectivity index (χ0n) is 7.60. The van der Waals surface area contributed by atoms with E-state index in [9.17, 15) is 4.79 Å². The zero-order valence-corrected chi connectivity index (χ0v) is 7.60. The van der Waals surface area contributed by atoms with Crippen molar-refractivity contribution in [3.63, 3.8) is 0 Å². The lowest BCUT2D eigenvalue weighted by Gasteiger charge is -2.29. The van der Waals surface area contributed by atoms with E-state index in [1.807, 2.05) is 0 Å². The van der Waals surface area contributed by atoms with Gasteiger partial charge >= 0.3 is 6.09 Å². The molecule has 0 radical (unpaired) electrons. The molecule has 74 valence electrons. The lowest BCUT2D eigenvalue weighted by atomic mass is 9.93. The van der Waals surface area contributed by atoms with Crippen LogP contribution in [0.3, 0.4) is 0 Å². The third-order valence-corrected chi connectivity index (χ3v) is 2.51. The van der Waals surface area contributed by atoms with Crippen molar-refractivity contribution in [2.75, 3.05) is 13.1 Å². The van der Waals surface area contributed by atoms with Crippen LogP contribution < -0.4 is 0 Å². The summed E-state index contributed by atoms with van der Waals surface area (Å²) >= 11 is 0. The summed E-state index contributed by atoms with van der Waals surface area (Å²) in [5.74, 6) is 0.237. The van der Waals surface area contributed by atoms with Gasteiger partial charge in [-0.3, -0.25) is 0 Å². The van der Waals surface area contributed by atoms with E-state index in [1.165, 1.54) is 4.90 Å². The molecule has 0 atom stereocenters. The van der Waals surface area contributed by atoms with Gasteiger partial charge in [0.25, 0.3) is 0 Å². The van der Waals surface area contributed by atoms with Crippen molar-refractivity contribution in [3.8, 4) is 0 Å². The molecule has 0 bridgehead atoms. The average molecular weight is 186 g/mol. The van der Waals surface area contributed by atoms with Crippen LogP contribution in [0, 0.1) is 5.92 Å². The molecule has 0 aromatic rings. The minimum absolute atomic E-state index is 0.237. The van der Waals surface area contributed by atoms with E-state index >= 15 is 0 Å². The lowest BCUT2D eigenvalue weighted by molar-refractivity contribution is 0.131. The Balaban J connectivity index is 2.43. The molecule has 1 saturated heterocycles. The number of hydrogen-bond acceptors (Lipinski definition) is 3. The van der Waals surface area contributed by atoms with Gasteiger partial charge in [-0.15, -0.1) is 0 Å². The van der Waals surface area contributed by atoms with Crippen LogP contribution in [0.15, 0.2) is 5.16 Å². The predicted octanol–water partition coefficient (Wildman–Crippen LogP) is 1.23. The van der Waals surface area contributed by atoms with Crippen molar-refractivity contribution in [1.29, 1.82) is 0 Å². The van der Waals surface area contributed by atoms with Gasteiger partial charge in [0.2, 0.25) is 0 Å². The van der Waals surface area contributed by atoms with Gasteiger partial charge in [0.1, 0.15) is 0 Å². The van der Waals surface area contributed by atoms with Crippen molar-refractivity contribution < 1.29 is 15.1 Å². The molecule has 1 rings (SSSR count). The smallest absolute Gasteiger partial charge is 0.407 e. The van der Waals surface area contributed by atoms with Gasteiger partial charge in [-0.1, -0.05) is 5.16 Å². The molecule has 0 spiro atoms. The first-order valence-electron chi connectivity index (χ1n) is 4.31. The third kappa shape index (κ3) is 2.34. The standard InChI is InChI=1S/C8H14N2O3/c1-6(9-13)7-2-4-10(5-3-7)8(11)12/h7,13H,2-5H2,1H3,(H,11,12). The highest BCUT2D eigenvalue weighted by atomic mass is 16.4. The first-order chi connectivity index (χ1) is 6.15. The maximum Gasteiger partial charge on any atom is 0.407 e. The normalized spacial score (nSPS) is 20.4. The first kappa shape index (κ1) is 9.83. The highest BCUT2D eigenvalue weighted by Gasteiger charge is 2.23. The number of likely N-dealkylation sites (tertiary alicyclic amines) is 1. The molecule has 1 amide bonds. The molecule has 0 unspecified atom stereocenters. The summed E-state index contributed by atoms with van der Waals surface area (Å²) in [6, 6.07) is 0. The second-order valence-electron chi connectivity index (χ2n) is 3.29. The Kier molecular flexibility index (Phi) is 3.11. The van der Waals surface area contributed by atoms with Gasteiger partial charge < -0.3 is 15.2 Å². The number of carbonyl (C=O) groups is 1. The van der Waals surface area contributed by atoms with Gasteiger partial charge in [-0.2, -0.15) is 0 Å². The number of nitrogens with zero attached hydrogens (tertiary/aromatic N) is 2. The summed E-state index contributed by atoms with van der Waals surface area (Å²) < 4.78 is 0. The molecule has 0 saturated carbocycles. The lowest BCUT2D eigenvalue weighted by Crippen LogP contribution is -2.39. The molecule has 0 aromatic carbocycles. The van der Waals surface area contributed by atoms with E-state index in [-0.39, 0.29) is 5.92 Å². The van der Waals surface area contributed by atoms with Gasteiger partial charge in [-0.25, -0.2) is 4.79 Å². The van der Waals surface area contributed by atoms with Crippen LogP contribution in [0.1, 0.15) is 19.8 Å². The quantitative estimate of drug-likeness (QED) is 0.367. The number of rotatable bonds is 1. The maximum atomic E-state index is 10.5. The van der Waals surface area contributed by atoms with E-state index in [0.717, 1.165) is 12.8 Å². The maximum absolute atomic E-state index is 10.5. The minimum Gasteiger partial charge on any atom is -0.465 e. The highest BCUT2D eigenvalue weighted by Crippen LogP contribution is 2.18. The SMILES string of the molecule is CC(=NO)C1CCN(C(=O)O)CC1. The predicted molar refractivity (Wildman–Crippen MR) is 47.2 cm³/mol. The van der Waals surface area contributed by atoms with E-state index < -0.39 is 6.09 Å². The summed E-state index contributed by atoms with van der Waals surface area (Å²) in [5.41, 5.74) is 0.699. The topological polar surface area (TPSA) is 73.1 Å². The molecule has 0 aromatic heterocycles. The number of hydrogen-bond donors (Lipinski definition) is 2. The summed E-state index contributed by atoms with van der Waals surface area (Å²) in [6.07, 6.45) is 0.641. The Hall–Kier alpha value is -1.26. The molecule has 1 aliphatic heterocycles. The summed E-state index contributed by atoms with van der Waals surface area (Å²) in [6.45, 7) is 2.83. The largest absolute Gasteiger partial charge is 0.465 e. The van der Waals surface area contributed by atoms with Gasteiger partial charge in [-0.05, 0) is 19.8 Å². The second-order valence-corrected chi connectivity index (χ2v) is 3.29. The van der Waals surface area contributed by atoms with Crippen LogP contribution in [0.2, 0.25) is 0 Å². The zero-order chi connectivity index (χ0) is 9.84. The molecule has 1 heterocycles. The van der Waals surface area contributed by atoms with Gasteiger partial charge in [0, 0.05) is 19.0 Å². The first-order valence-corrected chi connectivity index (χ1v) is 4.31. The molecule has 5 heteroatoms. The fourth-order valence-electron chi connectivity index (χ4n) is 1.57. The Morgan fingerprint density at radius 1 is 1.46 bits per heavy atom. The summed E-state index contributed by atoms with van der Waals surface area (Å²) in [7, 11) is 0. The van der Waals surface area contributed by atoms with E-state index in [1.54, 1.807) is 6.92 Å². The Labute approximate surface area is 76.6 Å². The van der Waals surface area contributed by atoms with Crippen LogP contribution in [-0.4, -0.2) is 40.1 Å². The van der Waals surface area contributed by atoms with Crippen LogP contribution >= 0.6 is 0 Å². The molecule has 1 aliphatic rings. The van der Waals surface area contributed by atoms with E-state index in [2.05, 4.69) is 5.16 Å².